The number of rotatable bonds is 6. The number of ether oxygens (including phenoxy) is 1. The van der Waals surface area contributed by atoms with Crippen LogP contribution in [-0.2, 0) is 9.59 Å². The number of hydrogen-bond acceptors (Lipinski definition) is 6. The van der Waals surface area contributed by atoms with Crippen molar-refractivity contribution in [3.8, 4) is 5.75 Å². The Bertz CT molecular complexity index is 1340. The highest BCUT2D eigenvalue weighted by molar-refractivity contribution is 8.15. The standard InChI is InChI=1S/C27H23ClN4O3S/c1-35-21-9-5-8-20(14-21)29-25(33)16-24-26(34)30-27(36-24)32-23(18-6-3-2-4-7-18)15-22(31-32)17-10-12-19(28)13-11-17/h2-14,23-24H,15-16H2,1H3,(H,29,33)/t23-,24-/m1/s1. The summed E-state index contributed by atoms with van der Waals surface area (Å²) in [6.45, 7) is 0. The van der Waals surface area contributed by atoms with E-state index in [1.165, 1.54) is 11.8 Å². The molecule has 0 aromatic heterocycles. The van der Waals surface area contributed by atoms with Gasteiger partial charge < -0.3 is 10.1 Å². The number of anilines is 1. The van der Waals surface area contributed by atoms with Crippen molar-refractivity contribution in [1.82, 2.24) is 5.01 Å². The van der Waals surface area contributed by atoms with Gasteiger partial charge in [0.2, 0.25) is 5.91 Å². The van der Waals surface area contributed by atoms with E-state index in [2.05, 4.69) is 10.3 Å². The van der Waals surface area contributed by atoms with Crippen molar-refractivity contribution < 1.29 is 14.3 Å². The predicted octanol–water partition coefficient (Wildman–Crippen LogP) is 5.53. The fourth-order valence-electron chi connectivity index (χ4n) is 4.12. The van der Waals surface area contributed by atoms with Gasteiger partial charge in [0.15, 0.2) is 5.17 Å². The molecule has 9 heteroatoms. The second kappa shape index (κ2) is 10.6. The molecule has 2 aliphatic rings. The summed E-state index contributed by atoms with van der Waals surface area (Å²) in [6.07, 6.45) is 0.658. The first kappa shape index (κ1) is 24.1. The summed E-state index contributed by atoms with van der Waals surface area (Å²) < 4.78 is 5.20. The van der Waals surface area contributed by atoms with Crippen molar-refractivity contribution in [2.75, 3.05) is 12.4 Å². The number of benzene rings is 3. The molecule has 2 aliphatic heterocycles. The molecule has 0 unspecified atom stereocenters. The molecule has 2 amide bonds. The number of carbonyl (C=O) groups is 2. The molecule has 3 aromatic rings. The number of nitrogens with one attached hydrogen (secondary N) is 1. The SMILES string of the molecule is COc1cccc(NC(=O)C[C@H]2SC(N3N=C(c4ccc(Cl)cc4)C[C@@H]3c3ccccc3)=NC2=O)c1. The first-order chi connectivity index (χ1) is 17.5. The third-order valence-corrected chi connectivity index (χ3v) is 7.32. The van der Waals surface area contributed by atoms with Crippen LogP contribution >= 0.6 is 23.4 Å². The zero-order valence-corrected chi connectivity index (χ0v) is 21.0. The van der Waals surface area contributed by atoms with Crippen LogP contribution in [-0.4, -0.2) is 40.1 Å². The Hall–Kier alpha value is -3.62. The summed E-state index contributed by atoms with van der Waals surface area (Å²) >= 11 is 7.34. The van der Waals surface area contributed by atoms with Crippen LogP contribution in [0.15, 0.2) is 89.0 Å². The molecule has 7 nitrogen and oxygen atoms in total. The van der Waals surface area contributed by atoms with Crippen LogP contribution in [0.2, 0.25) is 5.02 Å². The number of amidine groups is 1. The van der Waals surface area contributed by atoms with Gasteiger partial charge in [-0.3, -0.25) is 9.59 Å². The van der Waals surface area contributed by atoms with Crippen LogP contribution in [0.1, 0.15) is 30.0 Å². The van der Waals surface area contributed by atoms with E-state index in [1.54, 1.807) is 31.4 Å². The van der Waals surface area contributed by atoms with Crippen LogP contribution in [0.4, 0.5) is 5.69 Å². The Morgan fingerprint density at radius 1 is 1.11 bits per heavy atom. The quantitative estimate of drug-likeness (QED) is 0.464. The Morgan fingerprint density at radius 3 is 2.64 bits per heavy atom. The fraction of sp³-hybridized carbons (Fsp3) is 0.185. The van der Waals surface area contributed by atoms with Crippen molar-refractivity contribution in [2.24, 2.45) is 10.1 Å². The third-order valence-electron chi connectivity index (χ3n) is 5.92. The molecule has 0 fully saturated rings. The van der Waals surface area contributed by atoms with E-state index in [-0.39, 0.29) is 24.3 Å². The van der Waals surface area contributed by atoms with Gasteiger partial charge in [-0.25, -0.2) is 5.01 Å². The van der Waals surface area contributed by atoms with Crippen LogP contribution in [0, 0.1) is 0 Å². The molecule has 36 heavy (non-hydrogen) atoms. The zero-order valence-electron chi connectivity index (χ0n) is 19.4. The van der Waals surface area contributed by atoms with Gasteiger partial charge in [-0.2, -0.15) is 10.1 Å². The Kier molecular flexibility index (Phi) is 7.06. The Morgan fingerprint density at radius 2 is 1.89 bits per heavy atom. The monoisotopic (exact) mass is 518 g/mol. The van der Waals surface area contributed by atoms with Crippen molar-refractivity contribution >= 4 is 51.7 Å². The van der Waals surface area contributed by atoms with E-state index in [1.807, 2.05) is 59.6 Å². The second-order valence-electron chi connectivity index (χ2n) is 8.35. The number of methoxy groups -OCH3 is 1. The smallest absolute Gasteiger partial charge is 0.262 e. The molecular weight excluding hydrogens is 496 g/mol. The van der Waals surface area contributed by atoms with Crippen LogP contribution in [0.3, 0.4) is 0 Å². The van der Waals surface area contributed by atoms with E-state index in [0.29, 0.717) is 28.0 Å². The van der Waals surface area contributed by atoms with Gasteiger partial charge in [0.05, 0.1) is 18.9 Å². The molecule has 5 rings (SSSR count). The molecular formula is C27H23ClN4O3S. The molecule has 2 atom stereocenters. The molecule has 3 aromatic carbocycles. The van der Waals surface area contributed by atoms with Gasteiger partial charge in [0.25, 0.3) is 5.91 Å². The summed E-state index contributed by atoms with van der Waals surface area (Å²) in [4.78, 5) is 29.7. The minimum atomic E-state index is -0.614. The summed E-state index contributed by atoms with van der Waals surface area (Å²) in [5, 5.41) is 10.0. The van der Waals surface area contributed by atoms with Gasteiger partial charge in [-0.05, 0) is 35.4 Å². The minimum absolute atomic E-state index is 0.00527. The average molecular weight is 519 g/mol. The van der Waals surface area contributed by atoms with Crippen molar-refractivity contribution in [2.45, 2.75) is 24.1 Å². The second-order valence-corrected chi connectivity index (χ2v) is 9.96. The summed E-state index contributed by atoms with van der Waals surface area (Å²) in [5.41, 5.74) is 3.53. The fourth-order valence-corrected chi connectivity index (χ4v) is 5.31. The Balaban J connectivity index is 1.33. The number of hydrogen-bond donors (Lipinski definition) is 1. The van der Waals surface area contributed by atoms with Gasteiger partial charge in [0, 0.05) is 29.6 Å². The third kappa shape index (κ3) is 5.29. The number of hydrazone groups is 1. The molecule has 0 spiro atoms. The van der Waals surface area contributed by atoms with E-state index in [0.717, 1.165) is 16.8 Å². The largest absolute Gasteiger partial charge is 0.497 e. The van der Waals surface area contributed by atoms with E-state index in [9.17, 15) is 9.59 Å². The lowest BCUT2D eigenvalue weighted by Gasteiger charge is -2.23. The molecule has 0 saturated heterocycles. The number of thioether (sulfide) groups is 1. The highest BCUT2D eigenvalue weighted by atomic mass is 35.5. The number of halogens is 1. The molecule has 182 valence electrons. The average Bonchev–Trinajstić information content (AvgIpc) is 3.49. The topological polar surface area (TPSA) is 83.4 Å². The van der Waals surface area contributed by atoms with E-state index < -0.39 is 5.25 Å². The first-order valence-corrected chi connectivity index (χ1v) is 12.7. The number of carbonyl (C=O) groups excluding carboxylic acids is 2. The summed E-state index contributed by atoms with van der Waals surface area (Å²) in [6, 6.07) is 24.5. The Labute approximate surface area is 218 Å². The predicted molar refractivity (Wildman–Crippen MR) is 144 cm³/mol. The molecule has 0 saturated carbocycles. The molecule has 0 radical (unpaired) electrons. The number of nitrogens with zero attached hydrogens (tertiary/aromatic N) is 3. The molecule has 0 bridgehead atoms. The lowest BCUT2D eigenvalue weighted by atomic mass is 9.99. The lowest BCUT2D eigenvalue weighted by Crippen LogP contribution is -2.25. The van der Waals surface area contributed by atoms with E-state index in [4.69, 9.17) is 21.4 Å². The maximum atomic E-state index is 12.8. The summed E-state index contributed by atoms with van der Waals surface area (Å²) in [5.74, 6) is 0.0368. The minimum Gasteiger partial charge on any atom is -0.497 e. The van der Waals surface area contributed by atoms with E-state index >= 15 is 0 Å². The van der Waals surface area contributed by atoms with Gasteiger partial charge >= 0.3 is 0 Å². The number of aliphatic imine (C=N–C) groups is 1. The molecule has 2 heterocycles. The summed E-state index contributed by atoms with van der Waals surface area (Å²) in [7, 11) is 1.57. The highest BCUT2D eigenvalue weighted by Crippen LogP contribution is 2.38. The number of amides is 2. The highest BCUT2D eigenvalue weighted by Gasteiger charge is 2.39. The normalized spacial score (nSPS) is 19.2. The molecule has 1 N–H and O–H groups in total. The van der Waals surface area contributed by atoms with Crippen molar-refractivity contribution in [1.29, 1.82) is 0 Å². The molecule has 0 aliphatic carbocycles. The maximum Gasteiger partial charge on any atom is 0.262 e. The first-order valence-electron chi connectivity index (χ1n) is 11.4. The van der Waals surface area contributed by atoms with Crippen LogP contribution in [0.25, 0.3) is 0 Å². The van der Waals surface area contributed by atoms with Gasteiger partial charge in [-0.1, -0.05) is 71.9 Å². The van der Waals surface area contributed by atoms with Crippen LogP contribution < -0.4 is 10.1 Å². The van der Waals surface area contributed by atoms with Crippen molar-refractivity contribution in [3.63, 3.8) is 0 Å². The van der Waals surface area contributed by atoms with Gasteiger partial charge in [0.1, 0.15) is 11.0 Å². The maximum absolute atomic E-state index is 12.8. The lowest BCUT2D eigenvalue weighted by molar-refractivity contribution is -0.121. The zero-order chi connectivity index (χ0) is 25.1. The van der Waals surface area contributed by atoms with Crippen LogP contribution in [0.5, 0.6) is 5.75 Å². The van der Waals surface area contributed by atoms with Crippen molar-refractivity contribution in [3.05, 3.63) is 95.0 Å². The van der Waals surface area contributed by atoms with Gasteiger partial charge in [-0.15, -0.1) is 0 Å².